The highest BCUT2D eigenvalue weighted by Gasteiger charge is 2.34. The van der Waals surface area contributed by atoms with E-state index in [2.05, 4.69) is 5.32 Å². The molecule has 11 heteroatoms. The molecule has 0 radical (unpaired) electrons. The van der Waals surface area contributed by atoms with Crippen LogP contribution in [0.3, 0.4) is 0 Å². The van der Waals surface area contributed by atoms with E-state index in [-0.39, 0.29) is 40.4 Å². The van der Waals surface area contributed by atoms with Crippen LogP contribution in [-0.4, -0.2) is 58.0 Å². The minimum Gasteiger partial charge on any atom is -0.493 e. The maximum Gasteiger partial charge on any atom is 0.264 e. The lowest BCUT2D eigenvalue weighted by Crippen LogP contribution is -2.53. The highest BCUT2D eigenvalue weighted by molar-refractivity contribution is 7.92. The quantitative estimate of drug-likeness (QED) is 0.296. The maximum absolute atomic E-state index is 14.8. The molecule has 1 atom stereocenters. The van der Waals surface area contributed by atoms with Crippen molar-refractivity contribution < 1.29 is 31.9 Å². The lowest BCUT2D eigenvalue weighted by molar-refractivity contribution is -0.139. The second-order valence-electron chi connectivity index (χ2n) is 11.0. The van der Waals surface area contributed by atoms with Gasteiger partial charge in [-0.1, -0.05) is 55.2 Å². The van der Waals surface area contributed by atoms with E-state index in [1.807, 2.05) is 6.92 Å². The third-order valence-corrected chi connectivity index (χ3v) is 9.73. The number of carbonyl (C=O) groups excluding carboxylic acids is 2. The molecule has 1 saturated carbocycles. The summed E-state index contributed by atoms with van der Waals surface area (Å²) in [6.45, 7) is 2.60. The van der Waals surface area contributed by atoms with Crippen molar-refractivity contribution in [1.29, 1.82) is 0 Å². The zero-order valence-corrected chi connectivity index (χ0v) is 26.4. The Bertz CT molecular complexity index is 1560. The number of amides is 2. The van der Waals surface area contributed by atoms with Crippen molar-refractivity contribution in [2.45, 2.75) is 69.5 Å². The Hall–Kier alpha value is -4.12. The van der Waals surface area contributed by atoms with Crippen LogP contribution in [0.2, 0.25) is 0 Å². The summed E-state index contributed by atoms with van der Waals surface area (Å²) < 4.78 is 54.7. The number of anilines is 1. The summed E-state index contributed by atoms with van der Waals surface area (Å²) in [5.74, 6) is -1.01. The smallest absolute Gasteiger partial charge is 0.264 e. The molecule has 1 fully saturated rings. The number of aryl methyl sites for hydroxylation is 1. The first kappa shape index (κ1) is 32.8. The Morgan fingerprint density at radius 1 is 0.955 bits per heavy atom. The van der Waals surface area contributed by atoms with Gasteiger partial charge in [0.25, 0.3) is 10.0 Å². The van der Waals surface area contributed by atoms with Crippen LogP contribution in [0.15, 0.2) is 71.6 Å². The van der Waals surface area contributed by atoms with Gasteiger partial charge < -0.3 is 19.7 Å². The van der Waals surface area contributed by atoms with Gasteiger partial charge in [0.2, 0.25) is 11.8 Å². The molecule has 0 saturated heterocycles. The monoisotopic (exact) mass is 625 g/mol. The van der Waals surface area contributed by atoms with Gasteiger partial charge in [0.15, 0.2) is 11.5 Å². The number of nitrogens with one attached hydrogen (secondary N) is 1. The van der Waals surface area contributed by atoms with Crippen molar-refractivity contribution in [3.63, 3.8) is 0 Å². The van der Waals surface area contributed by atoms with Gasteiger partial charge in [0.1, 0.15) is 18.4 Å². The van der Waals surface area contributed by atoms with E-state index in [0.717, 1.165) is 42.0 Å². The molecule has 1 aliphatic rings. The summed E-state index contributed by atoms with van der Waals surface area (Å²) in [6, 6.07) is 15.9. The van der Waals surface area contributed by atoms with Crippen LogP contribution in [0.1, 0.15) is 50.2 Å². The lowest BCUT2D eigenvalue weighted by Gasteiger charge is -2.33. The number of halogens is 1. The Balaban J connectivity index is 1.71. The Labute approximate surface area is 259 Å². The SMILES string of the molecule is COc1ccc(S(=O)(=O)N(CC(=O)N(Cc2ccccc2F)[C@H](C)C(=O)NC2CCCCC2)c2ccc(C)cc2)cc1OC. The fraction of sp³-hybridized carbons (Fsp3) is 0.394. The van der Waals surface area contributed by atoms with E-state index in [0.29, 0.717) is 5.75 Å². The molecule has 236 valence electrons. The molecule has 0 aromatic heterocycles. The Kier molecular flexibility index (Phi) is 10.9. The minimum absolute atomic E-state index is 0.00130. The number of hydrogen-bond donors (Lipinski definition) is 1. The van der Waals surface area contributed by atoms with Crippen molar-refractivity contribution in [2.24, 2.45) is 0 Å². The number of nitrogens with zero attached hydrogens (tertiary/aromatic N) is 2. The highest BCUT2D eigenvalue weighted by Crippen LogP contribution is 2.32. The molecule has 44 heavy (non-hydrogen) atoms. The molecule has 4 rings (SSSR count). The molecule has 2 amide bonds. The number of benzene rings is 3. The first-order chi connectivity index (χ1) is 21.0. The summed E-state index contributed by atoms with van der Waals surface area (Å²) in [5, 5.41) is 3.04. The summed E-state index contributed by atoms with van der Waals surface area (Å²) in [4.78, 5) is 28.7. The second kappa shape index (κ2) is 14.6. The lowest BCUT2D eigenvalue weighted by atomic mass is 9.95. The fourth-order valence-electron chi connectivity index (χ4n) is 5.31. The van der Waals surface area contributed by atoms with Crippen molar-refractivity contribution in [2.75, 3.05) is 25.1 Å². The van der Waals surface area contributed by atoms with Crippen molar-refractivity contribution in [3.05, 3.63) is 83.7 Å². The number of rotatable bonds is 12. The van der Waals surface area contributed by atoms with Crippen LogP contribution < -0.4 is 19.1 Å². The second-order valence-corrected chi connectivity index (χ2v) is 12.9. The van der Waals surface area contributed by atoms with Gasteiger partial charge >= 0.3 is 0 Å². The van der Waals surface area contributed by atoms with Gasteiger partial charge in [-0.05, 0) is 57.0 Å². The van der Waals surface area contributed by atoms with Crippen molar-refractivity contribution in [3.8, 4) is 11.5 Å². The number of sulfonamides is 1. The van der Waals surface area contributed by atoms with Crippen LogP contribution in [0, 0.1) is 12.7 Å². The molecule has 0 heterocycles. The van der Waals surface area contributed by atoms with Gasteiger partial charge in [0.05, 0.1) is 24.8 Å². The molecule has 3 aromatic rings. The summed E-state index contributed by atoms with van der Waals surface area (Å²) >= 11 is 0. The normalized spacial score (nSPS) is 14.4. The minimum atomic E-state index is -4.33. The molecule has 0 bridgehead atoms. The number of hydrogen-bond acceptors (Lipinski definition) is 6. The zero-order valence-electron chi connectivity index (χ0n) is 25.6. The first-order valence-electron chi connectivity index (χ1n) is 14.7. The number of ether oxygens (including phenoxy) is 2. The Morgan fingerprint density at radius 3 is 2.25 bits per heavy atom. The van der Waals surface area contributed by atoms with Gasteiger partial charge in [-0.25, -0.2) is 12.8 Å². The molecule has 0 spiro atoms. The van der Waals surface area contributed by atoms with Gasteiger partial charge in [0, 0.05) is 24.2 Å². The van der Waals surface area contributed by atoms with Crippen LogP contribution >= 0.6 is 0 Å². The predicted octanol–water partition coefficient (Wildman–Crippen LogP) is 5.21. The van der Waals surface area contributed by atoms with E-state index >= 15 is 0 Å². The first-order valence-corrected chi connectivity index (χ1v) is 16.1. The van der Waals surface area contributed by atoms with Gasteiger partial charge in [-0.2, -0.15) is 0 Å². The van der Waals surface area contributed by atoms with Crippen LogP contribution in [0.25, 0.3) is 0 Å². The summed E-state index contributed by atoms with van der Waals surface area (Å²) in [6.07, 6.45) is 4.84. The third-order valence-electron chi connectivity index (χ3n) is 7.96. The fourth-order valence-corrected chi connectivity index (χ4v) is 6.74. The van der Waals surface area contributed by atoms with E-state index in [1.54, 1.807) is 49.4 Å². The molecule has 0 unspecified atom stereocenters. The van der Waals surface area contributed by atoms with E-state index in [1.165, 1.54) is 43.4 Å². The summed E-state index contributed by atoms with van der Waals surface area (Å²) in [5.41, 5.74) is 1.37. The predicted molar refractivity (Wildman–Crippen MR) is 167 cm³/mol. The molecule has 1 N–H and O–H groups in total. The number of methoxy groups -OCH3 is 2. The molecule has 3 aromatic carbocycles. The average Bonchev–Trinajstić information content (AvgIpc) is 3.03. The standard InChI is InChI=1S/C33H40FN3O6S/c1-23-14-16-27(17-15-23)37(44(40,41)28-18-19-30(42-3)31(20-28)43-4)22-32(38)36(21-25-10-8-9-13-29(25)34)24(2)33(39)35-26-11-6-5-7-12-26/h8-10,13-20,24,26H,5-7,11-12,21-22H2,1-4H3,(H,35,39)/t24-/m1/s1. The molecule has 0 aliphatic heterocycles. The third kappa shape index (κ3) is 7.68. The van der Waals surface area contributed by atoms with Crippen LogP contribution in [0.5, 0.6) is 11.5 Å². The van der Waals surface area contributed by atoms with E-state index < -0.39 is 34.3 Å². The van der Waals surface area contributed by atoms with Crippen molar-refractivity contribution >= 4 is 27.5 Å². The number of carbonyl (C=O) groups is 2. The van der Waals surface area contributed by atoms with Crippen LogP contribution in [0.4, 0.5) is 10.1 Å². The van der Waals surface area contributed by atoms with Gasteiger partial charge in [-0.3, -0.25) is 13.9 Å². The molecule has 9 nitrogen and oxygen atoms in total. The largest absolute Gasteiger partial charge is 0.493 e. The average molecular weight is 626 g/mol. The van der Waals surface area contributed by atoms with E-state index in [9.17, 15) is 22.4 Å². The molecule has 1 aliphatic carbocycles. The summed E-state index contributed by atoms with van der Waals surface area (Å²) in [7, 11) is -1.48. The maximum atomic E-state index is 14.8. The molecular weight excluding hydrogens is 585 g/mol. The van der Waals surface area contributed by atoms with Crippen molar-refractivity contribution in [1.82, 2.24) is 10.2 Å². The zero-order chi connectivity index (χ0) is 31.9. The van der Waals surface area contributed by atoms with Crippen LogP contribution in [-0.2, 0) is 26.2 Å². The van der Waals surface area contributed by atoms with Gasteiger partial charge in [-0.15, -0.1) is 0 Å². The Morgan fingerprint density at radius 2 is 1.61 bits per heavy atom. The highest BCUT2D eigenvalue weighted by atomic mass is 32.2. The topological polar surface area (TPSA) is 105 Å². The molecular formula is C33H40FN3O6S. The van der Waals surface area contributed by atoms with E-state index in [4.69, 9.17) is 9.47 Å².